The molecule has 2 aliphatic carbocycles. The van der Waals surface area contributed by atoms with Crippen LogP contribution in [0.3, 0.4) is 0 Å². The van der Waals surface area contributed by atoms with Crippen LogP contribution in [0.2, 0.25) is 24.2 Å². The van der Waals surface area contributed by atoms with Gasteiger partial charge in [-0.05, 0) is 55.7 Å². The van der Waals surface area contributed by atoms with E-state index in [1.807, 2.05) is 0 Å². The van der Waals surface area contributed by atoms with Crippen molar-refractivity contribution in [2.75, 3.05) is 0 Å². The van der Waals surface area contributed by atoms with Crippen LogP contribution in [0.4, 0.5) is 0 Å². The third-order valence-electron chi connectivity index (χ3n) is 6.78. The maximum absolute atomic E-state index is 7.10. The zero-order valence-corrected chi connectivity index (χ0v) is 18.2. The Labute approximate surface area is 152 Å². The molecule has 0 aliphatic heterocycles. The first-order valence-corrected chi connectivity index (χ1v) is 13.8. The fourth-order valence-corrected chi connectivity index (χ4v) is 7.44. The van der Waals surface area contributed by atoms with Gasteiger partial charge in [-0.3, -0.25) is 0 Å². The molecule has 3 rings (SSSR count). The molecule has 3 heteroatoms. The Hall–Kier alpha value is -0.386. The molecule has 1 aromatic rings. The number of hydrogen-bond acceptors (Lipinski definition) is 1. The van der Waals surface area contributed by atoms with Crippen LogP contribution in [-0.4, -0.2) is 23.4 Å². The number of hydrogen-bond donors (Lipinski definition) is 0. The molecule has 0 aromatic heterocycles. The fraction of sp³-hybridized carbons (Fsp3) is 0.714. The molecule has 2 aliphatic rings. The number of rotatable bonds is 5. The molecule has 24 heavy (non-hydrogen) atoms. The molecule has 132 valence electrons. The lowest BCUT2D eigenvalue weighted by molar-refractivity contribution is 0.0340. The molecule has 2 saturated carbocycles. The van der Waals surface area contributed by atoms with E-state index in [9.17, 15) is 0 Å². The number of benzene rings is 1. The maximum Gasteiger partial charge on any atom is 0.192 e. The van der Waals surface area contributed by atoms with Crippen LogP contribution in [0.25, 0.3) is 0 Å². The van der Waals surface area contributed by atoms with Gasteiger partial charge in [-0.15, -0.1) is 0 Å². The molecular formula is C21H34OSi2. The first-order valence-electron chi connectivity index (χ1n) is 9.71. The van der Waals surface area contributed by atoms with Crippen LogP contribution in [-0.2, 0) is 4.43 Å². The Morgan fingerprint density at radius 1 is 1.21 bits per heavy atom. The van der Waals surface area contributed by atoms with Crippen LogP contribution >= 0.6 is 0 Å². The molecule has 3 atom stereocenters. The van der Waals surface area contributed by atoms with Crippen molar-refractivity contribution in [3.63, 3.8) is 0 Å². The van der Waals surface area contributed by atoms with Crippen LogP contribution < -0.4 is 5.19 Å². The van der Waals surface area contributed by atoms with E-state index in [1.165, 1.54) is 43.3 Å². The van der Waals surface area contributed by atoms with Gasteiger partial charge in [0, 0.05) is 0 Å². The summed E-state index contributed by atoms with van der Waals surface area (Å²) in [6.45, 7) is 12.0. The van der Waals surface area contributed by atoms with Crippen LogP contribution in [0, 0.1) is 11.8 Å². The van der Waals surface area contributed by atoms with E-state index < -0.39 is 8.32 Å². The standard InChI is InChI=1S/C21H34OSi2/c1-20(2,3)24(4,5)22-21-13-9-10-18(21)14-17(15-21)16-23-19-11-7-6-8-12-19/h6-8,11-12,17-18H,9-10,13-16H2,1-5H3/t17-,18-,21-/m0/s1. The molecule has 0 unspecified atom stereocenters. The SMILES string of the molecule is CC(C)(C)[Si](C)(C)O[C@]12CCC[C@H]1C[C@H](C[Si]c1ccccc1)C2. The lowest BCUT2D eigenvalue weighted by Crippen LogP contribution is -2.50. The van der Waals surface area contributed by atoms with E-state index >= 15 is 0 Å². The van der Waals surface area contributed by atoms with Crippen molar-refractivity contribution in [1.29, 1.82) is 0 Å². The molecule has 0 amide bonds. The monoisotopic (exact) mass is 358 g/mol. The fourth-order valence-electron chi connectivity index (χ4n) is 4.50. The van der Waals surface area contributed by atoms with Crippen molar-refractivity contribution in [2.45, 2.75) is 82.7 Å². The van der Waals surface area contributed by atoms with Crippen molar-refractivity contribution in [3.8, 4) is 0 Å². The van der Waals surface area contributed by atoms with E-state index in [0.29, 0.717) is 5.04 Å². The highest BCUT2D eigenvalue weighted by Gasteiger charge is 2.54. The topological polar surface area (TPSA) is 9.23 Å². The Balaban J connectivity index is 1.65. The van der Waals surface area contributed by atoms with E-state index in [2.05, 4.69) is 64.2 Å². The van der Waals surface area contributed by atoms with Gasteiger partial charge in [-0.2, -0.15) is 0 Å². The third kappa shape index (κ3) is 3.73. The second-order valence-electron chi connectivity index (χ2n) is 9.57. The molecule has 1 nitrogen and oxygen atoms in total. The summed E-state index contributed by atoms with van der Waals surface area (Å²) in [5.74, 6) is 1.70. The molecule has 1 aromatic carbocycles. The predicted molar refractivity (Wildman–Crippen MR) is 108 cm³/mol. The molecule has 0 N–H and O–H groups in total. The highest BCUT2D eigenvalue weighted by atomic mass is 28.4. The summed E-state index contributed by atoms with van der Waals surface area (Å²) in [4.78, 5) is 0. The zero-order chi connectivity index (χ0) is 17.4. The minimum Gasteiger partial charge on any atom is -0.411 e. The van der Waals surface area contributed by atoms with Crippen molar-refractivity contribution >= 4 is 23.0 Å². The quantitative estimate of drug-likeness (QED) is 0.640. The van der Waals surface area contributed by atoms with Gasteiger partial charge >= 0.3 is 0 Å². The molecule has 0 heterocycles. The summed E-state index contributed by atoms with van der Waals surface area (Å²) in [5, 5.41) is 1.84. The van der Waals surface area contributed by atoms with E-state index in [-0.39, 0.29) is 5.60 Å². The first kappa shape index (κ1) is 18.4. The lowest BCUT2D eigenvalue weighted by atomic mass is 9.95. The van der Waals surface area contributed by atoms with Gasteiger partial charge in [0.1, 0.15) is 0 Å². The minimum atomic E-state index is -1.68. The zero-order valence-electron chi connectivity index (χ0n) is 16.2. The Bertz CT molecular complexity index is 549. The van der Waals surface area contributed by atoms with Crippen LogP contribution in [0.1, 0.15) is 52.9 Å². The van der Waals surface area contributed by atoms with Gasteiger partial charge in [0.25, 0.3) is 0 Å². The summed E-state index contributed by atoms with van der Waals surface area (Å²) in [6.07, 6.45) is 6.83. The van der Waals surface area contributed by atoms with E-state index in [4.69, 9.17) is 4.43 Å². The second kappa shape index (κ2) is 6.73. The molecule has 2 fully saturated rings. The normalized spacial score (nSPS) is 30.5. The van der Waals surface area contributed by atoms with Crippen molar-refractivity contribution in [2.24, 2.45) is 11.8 Å². The predicted octanol–water partition coefficient (Wildman–Crippen LogP) is 5.41. The van der Waals surface area contributed by atoms with Crippen molar-refractivity contribution in [3.05, 3.63) is 30.3 Å². The Morgan fingerprint density at radius 3 is 2.58 bits per heavy atom. The van der Waals surface area contributed by atoms with Gasteiger partial charge < -0.3 is 4.43 Å². The maximum atomic E-state index is 7.10. The average Bonchev–Trinajstić information content (AvgIpc) is 3.00. The first-order chi connectivity index (χ1) is 11.2. The van der Waals surface area contributed by atoms with Crippen molar-refractivity contribution < 1.29 is 4.43 Å². The van der Waals surface area contributed by atoms with E-state index in [0.717, 1.165) is 21.4 Å². The molecule has 0 spiro atoms. The molecule has 0 bridgehead atoms. The summed E-state index contributed by atoms with van der Waals surface area (Å²) in [5.41, 5.74) is 0.231. The van der Waals surface area contributed by atoms with E-state index in [1.54, 1.807) is 0 Å². The summed E-state index contributed by atoms with van der Waals surface area (Å²) in [7, 11) is -0.717. The Morgan fingerprint density at radius 2 is 1.92 bits per heavy atom. The lowest BCUT2D eigenvalue weighted by Gasteiger charge is -2.45. The van der Waals surface area contributed by atoms with Crippen LogP contribution in [0.15, 0.2) is 30.3 Å². The minimum absolute atomic E-state index is 0.231. The van der Waals surface area contributed by atoms with Gasteiger partial charge in [-0.1, -0.05) is 68.8 Å². The average molecular weight is 359 g/mol. The third-order valence-corrected chi connectivity index (χ3v) is 12.8. The van der Waals surface area contributed by atoms with Gasteiger partial charge in [-0.25, -0.2) is 0 Å². The summed E-state index contributed by atoms with van der Waals surface area (Å²) in [6, 6.07) is 12.4. The van der Waals surface area contributed by atoms with Crippen LogP contribution in [0.5, 0.6) is 0 Å². The smallest absolute Gasteiger partial charge is 0.192 e. The second-order valence-corrected chi connectivity index (χ2v) is 15.6. The molecule has 2 radical (unpaired) electrons. The van der Waals surface area contributed by atoms with Gasteiger partial charge in [0.2, 0.25) is 0 Å². The Kier molecular flexibility index (Phi) is 5.16. The van der Waals surface area contributed by atoms with Gasteiger partial charge in [0.15, 0.2) is 8.32 Å². The summed E-state index contributed by atoms with van der Waals surface area (Å²) >= 11 is 0. The van der Waals surface area contributed by atoms with Gasteiger partial charge in [0.05, 0.1) is 15.1 Å². The molecular weight excluding hydrogens is 324 g/mol. The van der Waals surface area contributed by atoms with Crippen molar-refractivity contribution in [1.82, 2.24) is 0 Å². The highest BCUT2D eigenvalue weighted by molar-refractivity contribution is 6.74. The summed E-state index contributed by atoms with van der Waals surface area (Å²) < 4.78 is 7.10. The molecule has 0 saturated heterocycles. The largest absolute Gasteiger partial charge is 0.411 e. The highest BCUT2D eigenvalue weighted by Crippen LogP contribution is 2.56. The number of fused-ring (bicyclic) bond motifs is 1.